The average Bonchev–Trinajstić information content (AvgIpc) is 2.91. The van der Waals surface area contributed by atoms with Gasteiger partial charge in [-0.1, -0.05) is 6.08 Å². The summed E-state index contributed by atoms with van der Waals surface area (Å²) >= 11 is 0. The normalized spacial score (nSPS) is 16.6. The number of carbonyl (C=O) groups is 1. The van der Waals surface area contributed by atoms with Gasteiger partial charge in [0.25, 0.3) is 0 Å². The minimum absolute atomic E-state index is 0.243. The number of rotatable bonds is 1. The minimum atomic E-state index is 0.243. The number of aromatic nitrogens is 3. The van der Waals surface area contributed by atoms with Crippen LogP contribution in [-0.2, 0) is 11.2 Å². The van der Waals surface area contributed by atoms with Gasteiger partial charge >= 0.3 is 0 Å². The Bertz CT molecular complexity index is 922. The van der Waals surface area contributed by atoms with Gasteiger partial charge in [0.05, 0.1) is 17.4 Å². The third-order valence-corrected chi connectivity index (χ3v) is 4.43. The van der Waals surface area contributed by atoms with Crippen LogP contribution in [0.1, 0.15) is 30.9 Å². The first kappa shape index (κ1) is 13.9. The van der Waals surface area contributed by atoms with E-state index in [1.54, 1.807) is 12.4 Å². The Kier molecular flexibility index (Phi) is 3.30. The number of carbonyl (C=O) groups excluding carboxylic acids is 1. The number of ketones is 1. The molecule has 0 saturated heterocycles. The van der Waals surface area contributed by atoms with Gasteiger partial charge in [-0.2, -0.15) is 5.10 Å². The summed E-state index contributed by atoms with van der Waals surface area (Å²) in [5.41, 5.74) is 5.20. The smallest absolute Gasteiger partial charge is 0.163 e. The maximum absolute atomic E-state index is 12.3. The molecule has 23 heavy (non-hydrogen) atoms. The highest BCUT2D eigenvalue weighted by Crippen LogP contribution is 2.31. The predicted molar refractivity (Wildman–Crippen MR) is 90.5 cm³/mol. The Hall–Kier alpha value is -2.75. The van der Waals surface area contributed by atoms with Gasteiger partial charge in [-0.05, 0) is 55.2 Å². The monoisotopic (exact) mass is 303 g/mol. The number of hydrogen-bond donors (Lipinski definition) is 0. The zero-order chi connectivity index (χ0) is 15.8. The molecular formula is C19H17N3O. The summed E-state index contributed by atoms with van der Waals surface area (Å²) in [5, 5.41) is 5.57. The van der Waals surface area contributed by atoms with Crippen molar-refractivity contribution in [2.45, 2.75) is 26.2 Å². The molecule has 4 heteroatoms. The molecule has 3 aromatic rings. The second kappa shape index (κ2) is 5.47. The fourth-order valence-electron chi connectivity index (χ4n) is 3.31. The Labute approximate surface area is 134 Å². The lowest BCUT2D eigenvalue weighted by molar-refractivity contribution is -0.113. The summed E-state index contributed by atoms with van der Waals surface area (Å²) in [6.07, 6.45) is 9.78. The first-order chi connectivity index (χ1) is 11.3. The van der Waals surface area contributed by atoms with E-state index in [4.69, 9.17) is 0 Å². The van der Waals surface area contributed by atoms with Gasteiger partial charge in [-0.3, -0.25) is 9.78 Å². The molecule has 0 saturated carbocycles. The first-order valence-electron chi connectivity index (χ1n) is 7.89. The predicted octanol–water partition coefficient (Wildman–Crippen LogP) is 3.73. The number of hydrogen-bond acceptors (Lipinski definition) is 3. The van der Waals surface area contributed by atoms with Gasteiger partial charge in [-0.15, -0.1) is 0 Å². The van der Waals surface area contributed by atoms with Crippen LogP contribution in [0, 0.1) is 0 Å². The standard InChI is InChI=1S/C19H17N3O/c1-2-16-17-10-14-12-21-22(15-6-8-20-9-7-15)18(14)11-13(17)4-3-5-19(16)23/h2,6-12H,3-5H2,1H3/b16-2-. The molecule has 0 atom stereocenters. The summed E-state index contributed by atoms with van der Waals surface area (Å²) in [5.74, 6) is 0.243. The van der Waals surface area contributed by atoms with Crippen molar-refractivity contribution < 1.29 is 4.79 Å². The Balaban J connectivity index is 1.94. The molecule has 1 aliphatic rings. The van der Waals surface area contributed by atoms with Crippen LogP contribution < -0.4 is 0 Å². The van der Waals surface area contributed by atoms with Crippen LogP contribution in [0.25, 0.3) is 22.2 Å². The molecule has 0 unspecified atom stereocenters. The summed E-state index contributed by atoms with van der Waals surface area (Å²) in [7, 11) is 0. The molecular weight excluding hydrogens is 286 g/mol. The quantitative estimate of drug-likeness (QED) is 0.508. The molecule has 0 radical (unpaired) electrons. The third kappa shape index (κ3) is 2.27. The lowest BCUT2D eigenvalue weighted by Gasteiger charge is -2.10. The Morgan fingerprint density at radius 2 is 2.00 bits per heavy atom. The van der Waals surface area contributed by atoms with E-state index in [0.717, 1.165) is 40.6 Å². The van der Waals surface area contributed by atoms with Gasteiger partial charge in [0, 0.05) is 29.8 Å². The van der Waals surface area contributed by atoms with E-state index in [2.05, 4.69) is 22.2 Å². The molecule has 1 aromatic carbocycles. The van der Waals surface area contributed by atoms with Crippen LogP contribution in [0.15, 0.2) is 48.9 Å². The van der Waals surface area contributed by atoms with E-state index in [1.165, 1.54) is 5.56 Å². The van der Waals surface area contributed by atoms with Crippen LogP contribution >= 0.6 is 0 Å². The summed E-state index contributed by atoms with van der Waals surface area (Å²) < 4.78 is 1.93. The van der Waals surface area contributed by atoms with Gasteiger partial charge < -0.3 is 0 Å². The van der Waals surface area contributed by atoms with E-state index < -0.39 is 0 Å². The van der Waals surface area contributed by atoms with Crippen molar-refractivity contribution in [2.75, 3.05) is 0 Å². The lowest BCUT2D eigenvalue weighted by Crippen LogP contribution is -2.00. The van der Waals surface area contributed by atoms with Crippen molar-refractivity contribution >= 4 is 22.3 Å². The second-order valence-corrected chi connectivity index (χ2v) is 5.81. The van der Waals surface area contributed by atoms with Gasteiger partial charge in [0.15, 0.2) is 5.78 Å². The van der Waals surface area contributed by atoms with Crippen LogP contribution in [0.3, 0.4) is 0 Å². The number of benzene rings is 1. The topological polar surface area (TPSA) is 47.8 Å². The number of allylic oxidation sites excluding steroid dienone is 2. The lowest BCUT2D eigenvalue weighted by atomic mass is 9.96. The molecule has 114 valence electrons. The van der Waals surface area contributed by atoms with E-state index in [0.29, 0.717) is 6.42 Å². The number of Topliss-reactive ketones (excluding diaryl/α,β-unsaturated/α-hetero) is 1. The molecule has 0 aliphatic heterocycles. The van der Waals surface area contributed by atoms with Crippen molar-refractivity contribution in [1.29, 1.82) is 0 Å². The molecule has 0 fully saturated rings. The molecule has 0 spiro atoms. The molecule has 0 N–H and O–H groups in total. The molecule has 4 rings (SSSR count). The molecule has 4 nitrogen and oxygen atoms in total. The van der Waals surface area contributed by atoms with Gasteiger partial charge in [0.2, 0.25) is 0 Å². The molecule has 0 amide bonds. The largest absolute Gasteiger partial charge is 0.294 e. The van der Waals surface area contributed by atoms with Gasteiger partial charge in [0.1, 0.15) is 0 Å². The highest BCUT2D eigenvalue weighted by molar-refractivity contribution is 6.21. The van der Waals surface area contributed by atoms with E-state index in [1.807, 2.05) is 36.0 Å². The average molecular weight is 303 g/mol. The highest BCUT2D eigenvalue weighted by Gasteiger charge is 2.20. The number of fused-ring (bicyclic) bond motifs is 2. The Morgan fingerprint density at radius 3 is 2.78 bits per heavy atom. The van der Waals surface area contributed by atoms with E-state index in [-0.39, 0.29) is 5.78 Å². The fraction of sp³-hybridized carbons (Fsp3) is 0.211. The van der Waals surface area contributed by atoms with Gasteiger partial charge in [-0.25, -0.2) is 4.68 Å². The molecule has 2 aromatic heterocycles. The SMILES string of the molecule is C/C=C1\C(=O)CCCc2cc3c(cnn3-c3ccncc3)cc21. The second-order valence-electron chi connectivity index (χ2n) is 5.81. The summed E-state index contributed by atoms with van der Waals surface area (Å²) in [4.78, 5) is 16.3. The van der Waals surface area contributed by atoms with Crippen molar-refractivity contribution in [3.05, 3.63) is 60.1 Å². The number of nitrogens with zero attached hydrogens (tertiary/aromatic N) is 3. The van der Waals surface area contributed by atoms with E-state index >= 15 is 0 Å². The first-order valence-corrected chi connectivity index (χ1v) is 7.89. The summed E-state index contributed by atoms with van der Waals surface area (Å²) in [6.45, 7) is 1.94. The zero-order valence-corrected chi connectivity index (χ0v) is 13.0. The Morgan fingerprint density at radius 1 is 1.17 bits per heavy atom. The highest BCUT2D eigenvalue weighted by atomic mass is 16.1. The number of pyridine rings is 1. The van der Waals surface area contributed by atoms with Crippen molar-refractivity contribution in [3.8, 4) is 5.69 Å². The molecule has 2 heterocycles. The number of aryl methyl sites for hydroxylation is 1. The van der Waals surface area contributed by atoms with Crippen LogP contribution in [0.2, 0.25) is 0 Å². The zero-order valence-electron chi connectivity index (χ0n) is 13.0. The van der Waals surface area contributed by atoms with E-state index in [9.17, 15) is 4.79 Å². The van der Waals surface area contributed by atoms with Crippen LogP contribution in [-0.4, -0.2) is 20.5 Å². The van der Waals surface area contributed by atoms with Crippen LogP contribution in [0.5, 0.6) is 0 Å². The maximum atomic E-state index is 12.3. The summed E-state index contributed by atoms with van der Waals surface area (Å²) in [6, 6.07) is 8.17. The van der Waals surface area contributed by atoms with Crippen molar-refractivity contribution in [2.24, 2.45) is 0 Å². The minimum Gasteiger partial charge on any atom is -0.294 e. The third-order valence-electron chi connectivity index (χ3n) is 4.43. The maximum Gasteiger partial charge on any atom is 0.163 e. The molecule has 1 aliphatic carbocycles. The van der Waals surface area contributed by atoms with Crippen molar-refractivity contribution in [3.63, 3.8) is 0 Å². The fourth-order valence-corrected chi connectivity index (χ4v) is 3.31. The molecule has 0 bridgehead atoms. The van der Waals surface area contributed by atoms with Crippen molar-refractivity contribution in [1.82, 2.24) is 14.8 Å². The van der Waals surface area contributed by atoms with Crippen LogP contribution in [0.4, 0.5) is 0 Å².